The molecular formula is C16H23NO2. The van der Waals surface area contributed by atoms with Gasteiger partial charge in [0.2, 0.25) is 5.91 Å². The number of hydrogen-bond acceptors (Lipinski definition) is 2. The Morgan fingerprint density at radius 3 is 2.63 bits per heavy atom. The summed E-state index contributed by atoms with van der Waals surface area (Å²) >= 11 is 0. The van der Waals surface area contributed by atoms with Crippen molar-refractivity contribution in [3.8, 4) is 5.75 Å². The van der Waals surface area contributed by atoms with Crippen LogP contribution < -0.4 is 4.74 Å². The number of carbonyl (C=O) groups excluding carboxylic acids is 1. The first-order valence-corrected chi connectivity index (χ1v) is 7.14. The molecule has 1 heterocycles. The molecule has 19 heavy (non-hydrogen) atoms. The van der Waals surface area contributed by atoms with Crippen LogP contribution in [0.15, 0.2) is 18.2 Å². The highest BCUT2D eigenvalue weighted by Crippen LogP contribution is 2.19. The predicted molar refractivity (Wildman–Crippen MR) is 76.5 cm³/mol. The molecule has 3 heteroatoms. The molecule has 0 aliphatic carbocycles. The number of likely N-dealkylation sites (tertiary alicyclic amines) is 1. The van der Waals surface area contributed by atoms with Crippen molar-refractivity contribution in [3.63, 3.8) is 0 Å². The lowest BCUT2D eigenvalue weighted by atomic mass is 10.1. The zero-order valence-corrected chi connectivity index (χ0v) is 11.9. The number of carbonyl (C=O) groups is 1. The second-order valence-corrected chi connectivity index (χ2v) is 5.31. The SMILES string of the molecule is Cc1ccc(OCCC(=O)N2CCCCC2)c(C)c1. The fourth-order valence-electron chi connectivity index (χ4n) is 2.51. The lowest BCUT2D eigenvalue weighted by Gasteiger charge is -2.26. The number of piperidine rings is 1. The van der Waals surface area contributed by atoms with E-state index >= 15 is 0 Å². The van der Waals surface area contributed by atoms with Gasteiger partial charge in [-0.15, -0.1) is 0 Å². The minimum absolute atomic E-state index is 0.226. The number of nitrogens with zero attached hydrogens (tertiary/aromatic N) is 1. The third kappa shape index (κ3) is 3.98. The summed E-state index contributed by atoms with van der Waals surface area (Å²) in [7, 11) is 0. The largest absolute Gasteiger partial charge is 0.493 e. The van der Waals surface area contributed by atoms with Crippen LogP contribution in [0.2, 0.25) is 0 Å². The molecule has 0 aromatic heterocycles. The van der Waals surface area contributed by atoms with E-state index in [2.05, 4.69) is 13.0 Å². The Hall–Kier alpha value is -1.51. The monoisotopic (exact) mass is 261 g/mol. The first kappa shape index (κ1) is 13.9. The summed E-state index contributed by atoms with van der Waals surface area (Å²) in [4.78, 5) is 13.9. The molecule has 0 radical (unpaired) electrons. The maximum absolute atomic E-state index is 12.0. The van der Waals surface area contributed by atoms with Crippen molar-refractivity contribution < 1.29 is 9.53 Å². The van der Waals surface area contributed by atoms with Crippen molar-refractivity contribution in [2.45, 2.75) is 39.5 Å². The van der Waals surface area contributed by atoms with Gasteiger partial charge in [0.1, 0.15) is 5.75 Å². The number of ether oxygens (including phenoxy) is 1. The molecule has 0 spiro atoms. The molecule has 0 unspecified atom stereocenters. The van der Waals surface area contributed by atoms with E-state index in [9.17, 15) is 4.79 Å². The van der Waals surface area contributed by atoms with Crippen LogP contribution in [0.5, 0.6) is 5.75 Å². The fourth-order valence-corrected chi connectivity index (χ4v) is 2.51. The standard InChI is InChI=1S/C16H23NO2/c1-13-6-7-15(14(2)12-13)19-11-8-16(18)17-9-4-3-5-10-17/h6-7,12H,3-5,8-11H2,1-2H3. The van der Waals surface area contributed by atoms with Crippen molar-refractivity contribution in [2.75, 3.05) is 19.7 Å². The number of hydrogen-bond donors (Lipinski definition) is 0. The molecule has 1 amide bonds. The summed E-state index contributed by atoms with van der Waals surface area (Å²) in [6, 6.07) is 6.12. The van der Waals surface area contributed by atoms with E-state index in [0.717, 1.165) is 37.2 Å². The van der Waals surface area contributed by atoms with E-state index < -0.39 is 0 Å². The summed E-state index contributed by atoms with van der Waals surface area (Å²) in [5.41, 5.74) is 2.36. The van der Waals surface area contributed by atoms with Crippen molar-refractivity contribution >= 4 is 5.91 Å². The minimum atomic E-state index is 0.226. The molecule has 0 N–H and O–H groups in total. The summed E-state index contributed by atoms with van der Waals surface area (Å²) in [6.07, 6.45) is 4.02. The average molecular weight is 261 g/mol. The number of benzene rings is 1. The van der Waals surface area contributed by atoms with E-state index in [1.54, 1.807) is 0 Å². The molecule has 1 aliphatic rings. The molecule has 3 nitrogen and oxygen atoms in total. The molecule has 1 aromatic carbocycles. The topological polar surface area (TPSA) is 29.5 Å². The highest BCUT2D eigenvalue weighted by molar-refractivity contribution is 5.76. The Kier molecular flexibility index (Phi) is 4.83. The normalized spacial score (nSPS) is 15.4. The van der Waals surface area contributed by atoms with Crippen LogP contribution in [0.25, 0.3) is 0 Å². The van der Waals surface area contributed by atoms with Gasteiger partial charge in [-0.2, -0.15) is 0 Å². The van der Waals surface area contributed by atoms with Crippen LogP contribution in [0.1, 0.15) is 36.8 Å². The van der Waals surface area contributed by atoms with Crippen LogP contribution in [-0.2, 0) is 4.79 Å². The Balaban J connectivity index is 1.78. The van der Waals surface area contributed by atoms with E-state index in [1.807, 2.05) is 24.0 Å². The van der Waals surface area contributed by atoms with Gasteiger partial charge >= 0.3 is 0 Å². The molecule has 0 atom stereocenters. The Bertz CT molecular complexity index is 436. The van der Waals surface area contributed by atoms with Gasteiger partial charge in [0.25, 0.3) is 0 Å². The summed E-state index contributed by atoms with van der Waals surface area (Å²) in [5, 5.41) is 0. The summed E-state index contributed by atoms with van der Waals surface area (Å²) in [6.45, 7) is 6.41. The van der Waals surface area contributed by atoms with Gasteiger partial charge in [0.15, 0.2) is 0 Å². The van der Waals surface area contributed by atoms with E-state index in [1.165, 1.54) is 12.0 Å². The van der Waals surface area contributed by atoms with E-state index in [-0.39, 0.29) is 5.91 Å². The minimum Gasteiger partial charge on any atom is -0.493 e. The molecule has 1 fully saturated rings. The Labute approximate surface area is 115 Å². The molecule has 1 aliphatic heterocycles. The molecule has 0 bridgehead atoms. The number of rotatable bonds is 4. The third-order valence-corrected chi connectivity index (χ3v) is 3.61. The highest BCUT2D eigenvalue weighted by atomic mass is 16.5. The molecule has 0 saturated carbocycles. The Morgan fingerprint density at radius 1 is 1.21 bits per heavy atom. The quantitative estimate of drug-likeness (QED) is 0.833. The lowest BCUT2D eigenvalue weighted by Crippen LogP contribution is -2.36. The number of aryl methyl sites for hydroxylation is 2. The zero-order valence-electron chi connectivity index (χ0n) is 11.9. The van der Waals surface area contributed by atoms with Crippen molar-refractivity contribution in [2.24, 2.45) is 0 Å². The van der Waals surface area contributed by atoms with Crippen LogP contribution in [0, 0.1) is 13.8 Å². The van der Waals surface area contributed by atoms with Crippen LogP contribution in [0.3, 0.4) is 0 Å². The van der Waals surface area contributed by atoms with Crippen LogP contribution in [0.4, 0.5) is 0 Å². The van der Waals surface area contributed by atoms with Crippen LogP contribution in [-0.4, -0.2) is 30.5 Å². The van der Waals surface area contributed by atoms with E-state index in [0.29, 0.717) is 13.0 Å². The van der Waals surface area contributed by atoms with Gasteiger partial charge in [-0.3, -0.25) is 4.79 Å². The van der Waals surface area contributed by atoms with Gasteiger partial charge in [0, 0.05) is 13.1 Å². The zero-order chi connectivity index (χ0) is 13.7. The maximum atomic E-state index is 12.0. The fraction of sp³-hybridized carbons (Fsp3) is 0.562. The molecule has 1 aromatic rings. The van der Waals surface area contributed by atoms with Crippen molar-refractivity contribution in [3.05, 3.63) is 29.3 Å². The van der Waals surface area contributed by atoms with E-state index in [4.69, 9.17) is 4.74 Å². The second-order valence-electron chi connectivity index (χ2n) is 5.31. The van der Waals surface area contributed by atoms with Gasteiger partial charge in [0.05, 0.1) is 13.0 Å². The molecule has 104 valence electrons. The van der Waals surface area contributed by atoms with Gasteiger partial charge in [-0.1, -0.05) is 17.7 Å². The van der Waals surface area contributed by atoms with Crippen molar-refractivity contribution in [1.82, 2.24) is 4.90 Å². The molecule has 2 rings (SSSR count). The number of amides is 1. The van der Waals surface area contributed by atoms with Crippen LogP contribution >= 0.6 is 0 Å². The first-order valence-electron chi connectivity index (χ1n) is 7.14. The third-order valence-electron chi connectivity index (χ3n) is 3.61. The molecular weight excluding hydrogens is 238 g/mol. The van der Waals surface area contributed by atoms with Crippen molar-refractivity contribution in [1.29, 1.82) is 0 Å². The Morgan fingerprint density at radius 2 is 1.95 bits per heavy atom. The second kappa shape index (κ2) is 6.60. The smallest absolute Gasteiger partial charge is 0.225 e. The maximum Gasteiger partial charge on any atom is 0.225 e. The van der Waals surface area contributed by atoms with Gasteiger partial charge in [-0.25, -0.2) is 0 Å². The first-order chi connectivity index (χ1) is 9.16. The summed E-state index contributed by atoms with van der Waals surface area (Å²) < 4.78 is 5.71. The predicted octanol–water partition coefficient (Wildman–Crippen LogP) is 3.08. The summed E-state index contributed by atoms with van der Waals surface area (Å²) in [5.74, 6) is 1.11. The lowest BCUT2D eigenvalue weighted by molar-refractivity contribution is -0.132. The highest BCUT2D eigenvalue weighted by Gasteiger charge is 2.16. The van der Waals surface area contributed by atoms with Gasteiger partial charge < -0.3 is 9.64 Å². The van der Waals surface area contributed by atoms with Gasteiger partial charge in [-0.05, 0) is 44.7 Å². The molecule has 1 saturated heterocycles. The average Bonchev–Trinajstić information content (AvgIpc) is 2.42.